The Balaban J connectivity index is 2.69. The summed E-state index contributed by atoms with van der Waals surface area (Å²) in [5.41, 5.74) is 0. The van der Waals surface area contributed by atoms with Gasteiger partial charge < -0.3 is 10.0 Å². The summed E-state index contributed by atoms with van der Waals surface area (Å²) in [6.45, 7) is 4.87. The summed E-state index contributed by atoms with van der Waals surface area (Å²) in [5.74, 6) is 5.93. The van der Waals surface area contributed by atoms with E-state index in [-0.39, 0.29) is 12.5 Å². The molecule has 4 heteroatoms. The van der Waals surface area contributed by atoms with Crippen molar-refractivity contribution in [2.24, 2.45) is 5.92 Å². The number of amides is 1. The average Bonchev–Trinajstić information content (AvgIpc) is 2.83. The number of carbonyl (C=O) groups is 1. The molecule has 1 unspecified atom stereocenters. The maximum absolute atomic E-state index is 12.1. The Morgan fingerprint density at radius 1 is 1.56 bits per heavy atom. The number of nitrogens with zero attached hydrogens (tertiary/aromatic N) is 1. The number of aliphatic hydroxyl groups is 1. The third-order valence-electron chi connectivity index (χ3n) is 2.74. The van der Waals surface area contributed by atoms with Gasteiger partial charge >= 0.3 is 0 Å². The standard InChI is InChI=1S/C14H19NO2S/c1-4-11(2)10-15(3)14(17)13-8-7-12(18-13)6-5-9-16/h7-8,11,16H,4,9-10H2,1-3H3. The van der Waals surface area contributed by atoms with Crippen LogP contribution in [0, 0.1) is 17.8 Å². The monoisotopic (exact) mass is 265 g/mol. The van der Waals surface area contributed by atoms with Gasteiger partial charge in [-0.1, -0.05) is 32.1 Å². The molecule has 98 valence electrons. The highest BCUT2D eigenvalue weighted by molar-refractivity contribution is 7.14. The first-order chi connectivity index (χ1) is 8.58. The molecule has 0 bridgehead atoms. The van der Waals surface area contributed by atoms with Gasteiger partial charge in [0.25, 0.3) is 5.91 Å². The molecule has 0 saturated heterocycles. The number of rotatable bonds is 4. The molecule has 1 heterocycles. The normalized spacial score (nSPS) is 11.6. The first kappa shape index (κ1) is 14.7. The van der Waals surface area contributed by atoms with Crippen LogP contribution in [0.1, 0.15) is 34.8 Å². The zero-order valence-corrected chi connectivity index (χ0v) is 11.9. The first-order valence-electron chi connectivity index (χ1n) is 6.03. The fourth-order valence-corrected chi connectivity index (χ4v) is 2.39. The minimum atomic E-state index is -0.158. The lowest BCUT2D eigenvalue weighted by molar-refractivity contribution is 0.0779. The van der Waals surface area contributed by atoms with Crippen LogP contribution in [0.4, 0.5) is 0 Å². The Hall–Kier alpha value is -1.31. The van der Waals surface area contributed by atoms with Crippen molar-refractivity contribution < 1.29 is 9.90 Å². The maximum Gasteiger partial charge on any atom is 0.263 e. The number of hydrogen-bond donors (Lipinski definition) is 1. The van der Waals surface area contributed by atoms with E-state index in [1.165, 1.54) is 11.3 Å². The molecule has 1 amide bonds. The van der Waals surface area contributed by atoms with Gasteiger partial charge in [-0.3, -0.25) is 4.79 Å². The lowest BCUT2D eigenvalue weighted by Crippen LogP contribution is -2.30. The summed E-state index contributed by atoms with van der Waals surface area (Å²) in [6, 6.07) is 3.61. The van der Waals surface area contributed by atoms with Gasteiger partial charge in [0.05, 0.1) is 9.75 Å². The van der Waals surface area contributed by atoms with Crippen LogP contribution in [0.15, 0.2) is 12.1 Å². The smallest absolute Gasteiger partial charge is 0.263 e. The van der Waals surface area contributed by atoms with E-state index in [0.717, 1.165) is 17.8 Å². The molecular formula is C14H19NO2S. The summed E-state index contributed by atoms with van der Waals surface area (Å²) < 4.78 is 0. The summed E-state index contributed by atoms with van der Waals surface area (Å²) >= 11 is 1.37. The van der Waals surface area contributed by atoms with E-state index >= 15 is 0 Å². The van der Waals surface area contributed by atoms with E-state index in [4.69, 9.17) is 5.11 Å². The van der Waals surface area contributed by atoms with Gasteiger partial charge in [-0.2, -0.15) is 0 Å². The Morgan fingerprint density at radius 3 is 2.89 bits per heavy atom. The summed E-state index contributed by atoms with van der Waals surface area (Å²) in [6.07, 6.45) is 1.06. The minimum absolute atomic E-state index is 0.0392. The van der Waals surface area contributed by atoms with Crippen molar-refractivity contribution in [2.75, 3.05) is 20.2 Å². The lowest BCUT2D eigenvalue weighted by atomic mass is 10.1. The Bertz CT molecular complexity index is 456. The molecular weight excluding hydrogens is 246 g/mol. The SMILES string of the molecule is CCC(C)CN(C)C(=O)c1ccc(C#CCO)s1. The van der Waals surface area contributed by atoms with Crippen LogP contribution in [0.5, 0.6) is 0 Å². The van der Waals surface area contributed by atoms with Gasteiger partial charge in [0.15, 0.2) is 0 Å². The van der Waals surface area contributed by atoms with E-state index in [2.05, 4.69) is 25.7 Å². The van der Waals surface area contributed by atoms with Gasteiger partial charge in [0.1, 0.15) is 6.61 Å². The Kier molecular flexibility index (Phi) is 5.90. The Morgan fingerprint density at radius 2 is 2.28 bits per heavy atom. The number of hydrogen-bond acceptors (Lipinski definition) is 3. The summed E-state index contributed by atoms with van der Waals surface area (Å²) in [5, 5.41) is 8.61. The average molecular weight is 265 g/mol. The second kappa shape index (κ2) is 7.20. The van der Waals surface area contributed by atoms with Gasteiger partial charge in [0, 0.05) is 13.6 Å². The van der Waals surface area contributed by atoms with Gasteiger partial charge in [0.2, 0.25) is 0 Å². The molecule has 0 aliphatic rings. The van der Waals surface area contributed by atoms with Gasteiger partial charge in [-0.15, -0.1) is 11.3 Å². The quantitative estimate of drug-likeness (QED) is 0.848. The highest BCUT2D eigenvalue weighted by Crippen LogP contribution is 2.17. The molecule has 0 aliphatic heterocycles. The summed E-state index contributed by atoms with van der Waals surface area (Å²) in [7, 11) is 1.83. The molecule has 1 atom stereocenters. The van der Waals surface area contributed by atoms with Gasteiger partial charge in [-0.05, 0) is 18.1 Å². The third-order valence-corrected chi connectivity index (χ3v) is 3.73. The van der Waals surface area contributed by atoms with E-state index in [1.54, 1.807) is 11.0 Å². The van der Waals surface area contributed by atoms with Crippen LogP contribution in [0.3, 0.4) is 0 Å². The van der Waals surface area contributed by atoms with Gasteiger partial charge in [-0.25, -0.2) is 0 Å². The highest BCUT2D eigenvalue weighted by Gasteiger charge is 2.15. The number of carbonyl (C=O) groups excluding carboxylic acids is 1. The van der Waals surface area contributed by atoms with Crippen molar-refractivity contribution in [3.63, 3.8) is 0 Å². The van der Waals surface area contributed by atoms with Crippen LogP contribution < -0.4 is 0 Å². The molecule has 0 radical (unpaired) electrons. The van der Waals surface area contributed by atoms with Crippen molar-refractivity contribution in [1.29, 1.82) is 0 Å². The molecule has 1 rings (SSSR count). The first-order valence-corrected chi connectivity index (χ1v) is 6.85. The second-order valence-electron chi connectivity index (χ2n) is 4.32. The Labute approximate surface area is 112 Å². The van der Waals surface area contributed by atoms with E-state index in [1.807, 2.05) is 13.1 Å². The molecule has 18 heavy (non-hydrogen) atoms. The summed E-state index contributed by atoms with van der Waals surface area (Å²) in [4.78, 5) is 15.4. The molecule has 0 saturated carbocycles. The predicted octanol–water partition coefficient (Wildman–Crippen LogP) is 2.21. The van der Waals surface area contributed by atoms with Crippen LogP contribution in [-0.2, 0) is 0 Å². The molecule has 0 aromatic carbocycles. The fraction of sp³-hybridized carbons (Fsp3) is 0.500. The molecule has 1 aromatic heterocycles. The van der Waals surface area contributed by atoms with Crippen molar-refractivity contribution in [3.05, 3.63) is 21.9 Å². The third kappa shape index (κ3) is 4.17. The number of aliphatic hydroxyl groups excluding tert-OH is 1. The zero-order chi connectivity index (χ0) is 13.5. The topological polar surface area (TPSA) is 40.5 Å². The second-order valence-corrected chi connectivity index (χ2v) is 5.41. The fourth-order valence-electron chi connectivity index (χ4n) is 1.51. The van der Waals surface area contributed by atoms with E-state index in [0.29, 0.717) is 10.8 Å². The number of thiophene rings is 1. The molecule has 1 aromatic rings. The van der Waals surface area contributed by atoms with Crippen LogP contribution in [-0.4, -0.2) is 36.1 Å². The largest absolute Gasteiger partial charge is 0.384 e. The van der Waals surface area contributed by atoms with Crippen molar-refractivity contribution in [2.45, 2.75) is 20.3 Å². The van der Waals surface area contributed by atoms with Crippen LogP contribution in [0.2, 0.25) is 0 Å². The van der Waals surface area contributed by atoms with Crippen molar-refractivity contribution in [1.82, 2.24) is 4.90 Å². The molecule has 0 fully saturated rings. The van der Waals surface area contributed by atoms with Crippen molar-refractivity contribution in [3.8, 4) is 11.8 Å². The highest BCUT2D eigenvalue weighted by atomic mass is 32.1. The predicted molar refractivity (Wildman–Crippen MR) is 74.7 cm³/mol. The maximum atomic E-state index is 12.1. The lowest BCUT2D eigenvalue weighted by Gasteiger charge is -2.19. The minimum Gasteiger partial charge on any atom is -0.384 e. The molecule has 1 N–H and O–H groups in total. The van der Waals surface area contributed by atoms with E-state index in [9.17, 15) is 4.79 Å². The molecule has 0 spiro atoms. The molecule has 0 aliphatic carbocycles. The molecule has 3 nitrogen and oxygen atoms in total. The zero-order valence-electron chi connectivity index (χ0n) is 11.1. The van der Waals surface area contributed by atoms with E-state index < -0.39 is 0 Å². The van der Waals surface area contributed by atoms with Crippen LogP contribution >= 0.6 is 11.3 Å². The van der Waals surface area contributed by atoms with Crippen molar-refractivity contribution >= 4 is 17.2 Å². The van der Waals surface area contributed by atoms with Crippen LogP contribution in [0.25, 0.3) is 0 Å².